The predicted octanol–water partition coefficient (Wildman–Crippen LogP) is 5.39. The molecule has 672 valence electrons. The first kappa shape index (κ1) is 102. The van der Waals surface area contributed by atoms with Crippen LogP contribution in [0.15, 0.2) is 96.4 Å². The Morgan fingerprint density at radius 3 is 1.06 bits per heavy atom. The second-order valence-electron chi connectivity index (χ2n) is 29.1. The lowest BCUT2D eigenvalue weighted by molar-refractivity contribution is -0.137. The molecule has 4 unspecified atom stereocenters. The quantitative estimate of drug-likeness (QED) is 0.00802. The van der Waals surface area contributed by atoms with Gasteiger partial charge < -0.3 is 49.3 Å². The molecule has 0 spiro atoms. The zero-order valence-corrected chi connectivity index (χ0v) is 73.8. The number of alkyl halides is 1. The topological polar surface area (TPSA) is 448 Å². The molecule has 0 radical (unpaired) electrons. The van der Waals surface area contributed by atoms with Gasteiger partial charge in [-0.25, -0.2) is 19.2 Å². The molecule has 8 aromatic rings. The summed E-state index contributed by atoms with van der Waals surface area (Å²) in [5.41, 5.74) is 7.58. The number of aldehydes is 1. The number of rotatable bonds is 34. The maximum Gasteiger partial charge on any atom is 0.329 e. The molecule has 34 nitrogen and oxygen atoms in total. The molecule has 0 bridgehead atoms. The van der Waals surface area contributed by atoms with Crippen LogP contribution in [0.5, 0.6) is 0 Å². The van der Waals surface area contributed by atoms with Crippen LogP contribution in [-0.2, 0) is 103 Å². The van der Waals surface area contributed by atoms with Crippen molar-refractivity contribution in [2.24, 2.45) is 28.2 Å². The highest BCUT2D eigenvalue weighted by molar-refractivity contribution is 9.10. The smallest absolute Gasteiger partial charge is 0.329 e. The molecular formula is C88H114Br2N12O22. The van der Waals surface area contributed by atoms with E-state index in [1.807, 2.05) is 60.7 Å². The fraction of sp³-hybridized carbons (Fsp3) is 0.511. The van der Waals surface area contributed by atoms with E-state index in [4.69, 9.17) is 57.3 Å². The average Bonchev–Trinajstić information content (AvgIpc) is 1.63. The van der Waals surface area contributed by atoms with Crippen LogP contribution in [-0.4, -0.2) is 207 Å². The van der Waals surface area contributed by atoms with E-state index in [0.29, 0.717) is 124 Å². The molecule has 4 aliphatic rings. The van der Waals surface area contributed by atoms with E-state index in [2.05, 4.69) is 76.8 Å². The molecule has 4 aromatic heterocycles. The first-order valence-corrected chi connectivity index (χ1v) is 43.3. The number of nitrogens with one attached hydrogen (secondary N) is 4. The summed E-state index contributed by atoms with van der Waals surface area (Å²) in [7, 11) is 6.71. The van der Waals surface area contributed by atoms with Crippen molar-refractivity contribution in [3.63, 3.8) is 0 Å². The summed E-state index contributed by atoms with van der Waals surface area (Å²) in [6.45, 7) is 5.70. The summed E-state index contributed by atoms with van der Waals surface area (Å²) < 4.78 is 34.3. The maximum atomic E-state index is 12.7. The van der Waals surface area contributed by atoms with Crippen LogP contribution in [0.2, 0.25) is 0 Å². The molecule has 4 aliphatic heterocycles. The van der Waals surface area contributed by atoms with E-state index in [1.54, 1.807) is 49.5 Å². The highest BCUT2D eigenvalue weighted by Gasteiger charge is 2.35. The van der Waals surface area contributed by atoms with Gasteiger partial charge in [0.15, 0.2) is 0 Å². The minimum absolute atomic E-state index is 0.180. The number of imidazole rings is 4. The van der Waals surface area contributed by atoms with Crippen LogP contribution in [0.4, 0.5) is 0 Å². The van der Waals surface area contributed by atoms with Crippen molar-refractivity contribution in [2.45, 2.75) is 172 Å². The zero-order chi connectivity index (χ0) is 90.6. The van der Waals surface area contributed by atoms with Crippen LogP contribution in [0.1, 0.15) is 176 Å². The number of terminal acetylenes is 2. The number of aryl methyl sites for hydroxylation is 6. The van der Waals surface area contributed by atoms with Gasteiger partial charge in [-0.2, -0.15) is 0 Å². The van der Waals surface area contributed by atoms with Gasteiger partial charge in [-0.3, -0.25) is 96.2 Å². The highest BCUT2D eigenvalue weighted by atomic mass is 79.9. The van der Waals surface area contributed by atoms with Crippen LogP contribution in [0.3, 0.4) is 0 Å². The number of hydrogen-bond donors (Lipinski definition) is 9. The summed E-state index contributed by atoms with van der Waals surface area (Å²) in [4.78, 5) is 155. The standard InChI is InChI=1S/C21H25N3O5.C20H27N3O5.C20H25N3O5.C13H12BrN3O3.C7H12O2.C4H10O2.C3H3Br/c1-23-18-14-15(6-2-4-12-29-13-5-3-11-25)7-8-16(18)24(21(23)28)17-9-10-19(26)22-20(17)27;2*1-22-17-13-14(5-4-12-28-11-3-2-10-24)6-7-15(17)23(20(22)27)16-8-9-18(25)21-19(16)26;1-16-10-6-7(14)2-3-8(10)17(13(16)20)9-4-5-11(18)15-12(9)19;1-2-6-9-7-4-3-5-8;5-3-1-2-4-6;1-2-3-4/h7-8,14,17,25H,3-5,9-13H2,1H3,(H,22,26,27);6-7,13,16,24H,2-5,8-12H2,1H3,(H,21,25,26);6-7,10,13,16H,2-5,8-9,11-12H2,1H3,(H,21,25,26);2-3,6,9H,4-5H2,1H3,(H,15,18,19);1,8H,3-7H2;5-6H,1-4H2;1H,3H2. The Labute approximate surface area is 734 Å². The Kier molecular flexibility index (Phi) is 45.3. The molecular weight excluding hydrogens is 1740 g/mol. The summed E-state index contributed by atoms with van der Waals surface area (Å²) in [6, 6.07) is 19.8. The number of fused-ring (bicyclic) bond motifs is 4. The Hall–Kier alpha value is -10.5. The van der Waals surface area contributed by atoms with Gasteiger partial charge in [0.2, 0.25) is 47.3 Å². The molecule has 12 rings (SSSR count). The normalized spacial score (nSPS) is 16.0. The highest BCUT2D eigenvalue weighted by Crippen LogP contribution is 2.29. The number of piperidine rings is 4. The number of imide groups is 4. The van der Waals surface area contributed by atoms with Gasteiger partial charge >= 0.3 is 22.8 Å². The number of aliphatic hydroxyl groups is 5. The third kappa shape index (κ3) is 30.4. The summed E-state index contributed by atoms with van der Waals surface area (Å²) >= 11 is 6.38. The monoisotopic (exact) mass is 1850 g/mol. The number of hydrogen-bond acceptors (Lipinski definition) is 22. The van der Waals surface area contributed by atoms with Crippen LogP contribution >= 0.6 is 31.9 Å². The Bertz CT molecular complexity index is 5330. The minimum Gasteiger partial charge on any atom is -0.396 e. The second-order valence-corrected chi connectivity index (χ2v) is 30.6. The number of aromatic nitrogens is 8. The minimum atomic E-state index is -0.691. The molecule has 8 heterocycles. The average molecular weight is 1850 g/mol. The van der Waals surface area contributed by atoms with Gasteiger partial charge in [0.1, 0.15) is 37.1 Å². The third-order valence-electron chi connectivity index (χ3n) is 20.2. The van der Waals surface area contributed by atoms with Crippen molar-refractivity contribution in [2.75, 3.05) is 91.2 Å². The summed E-state index contributed by atoms with van der Waals surface area (Å²) in [5, 5.41) is 51.8. The number of carbonyl (C=O) groups excluding carboxylic acids is 9. The largest absolute Gasteiger partial charge is 0.396 e. The number of aliphatic hydroxyl groups excluding tert-OH is 5. The van der Waals surface area contributed by atoms with Crippen molar-refractivity contribution in [1.29, 1.82) is 0 Å². The van der Waals surface area contributed by atoms with Crippen molar-refractivity contribution in [3.05, 3.63) is 136 Å². The van der Waals surface area contributed by atoms with Crippen LogP contribution in [0, 0.1) is 36.5 Å². The van der Waals surface area contributed by atoms with Crippen LogP contribution < -0.4 is 44.0 Å². The fourth-order valence-electron chi connectivity index (χ4n) is 13.7. The van der Waals surface area contributed by atoms with E-state index in [-0.39, 0.29) is 105 Å². The molecule has 124 heavy (non-hydrogen) atoms. The predicted molar refractivity (Wildman–Crippen MR) is 473 cm³/mol. The van der Waals surface area contributed by atoms with Gasteiger partial charge in [-0.1, -0.05) is 67.7 Å². The Balaban J connectivity index is 0.000000240. The Morgan fingerprint density at radius 1 is 0.403 bits per heavy atom. The van der Waals surface area contributed by atoms with Crippen molar-refractivity contribution in [1.82, 2.24) is 57.8 Å². The molecule has 0 saturated carbocycles. The van der Waals surface area contributed by atoms with E-state index in [1.165, 1.54) is 27.4 Å². The van der Waals surface area contributed by atoms with Crippen molar-refractivity contribution < 1.29 is 87.6 Å². The lowest BCUT2D eigenvalue weighted by atomic mass is 10.1. The molecule has 9 N–H and O–H groups in total. The molecule has 0 aliphatic carbocycles. The molecule has 4 saturated heterocycles. The molecule has 36 heteroatoms. The number of ether oxygens (including phenoxy) is 4. The maximum absolute atomic E-state index is 12.7. The number of carbonyl (C=O) groups is 9. The number of benzene rings is 4. The second kappa shape index (κ2) is 55.0. The van der Waals surface area contributed by atoms with Crippen molar-refractivity contribution >= 4 is 130 Å². The van der Waals surface area contributed by atoms with E-state index in [9.17, 15) is 62.3 Å². The molecule has 4 atom stereocenters. The SMILES string of the molecule is C#CCBr.C#CCOCCCCO.Cn1c(=O)n(C2CCC(=O)NC2=O)c2ccc(Br)cc21.Cn1c(=O)n(C2CCC(=O)NC2=O)c2ccc(C#CCCOCCCCO)cc21.Cn1c(=O)n(C2CCC(=O)NC2=O)c2ccc(CCCOCCCC=O)cc21.Cn1c(=O)n(C2CCC(=O)NC2=O)c2ccc(CCCOCCCCO)cc21.OCCCCO. The van der Waals surface area contributed by atoms with Gasteiger partial charge in [-0.05, 0) is 181 Å². The van der Waals surface area contributed by atoms with E-state index >= 15 is 0 Å². The Morgan fingerprint density at radius 2 is 0.718 bits per heavy atom. The summed E-state index contributed by atoms with van der Waals surface area (Å²) in [5.74, 6) is 7.92. The molecule has 4 fully saturated rings. The van der Waals surface area contributed by atoms with Gasteiger partial charge in [-0.15, -0.1) is 12.8 Å². The van der Waals surface area contributed by atoms with Gasteiger partial charge in [0, 0.05) is 149 Å². The zero-order valence-electron chi connectivity index (χ0n) is 70.6. The first-order valence-electron chi connectivity index (χ1n) is 41.3. The van der Waals surface area contributed by atoms with E-state index < -0.39 is 47.8 Å². The van der Waals surface area contributed by atoms with E-state index in [0.717, 1.165) is 127 Å². The van der Waals surface area contributed by atoms with Crippen LogP contribution in [0.25, 0.3) is 44.1 Å². The lowest BCUT2D eigenvalue weighted by Gasteiger charge is -2.21. The third-order valence-corrected chi connectivity index (χ3v) is 21.0. The number of halogens is 2. The molecule has 4 aromatic carbocycles. The van der Waals surface area contributed by atoms with Gasteiger partial charge in [0.25, 0.3) is 0 Å². The number of nitrogens with zero attached hydrogens (tertiary/aromatic N) is 8. The molecule has 8 amide bonds. The van der Waals surface area contributed by atoms with Crippen molar-refractivity contribution in [3.8, 4) is 36.5 Å². The number of unbranched alkanes of at least 4 members (excludes halogenated alkanes) is 5. The lowest BCUT2D eigenvalue weighted by Crippen LogP contribution is -2.44. The first-order chi connectivity index (χ1) is 59.8. The fourth-order valence-corrected chi connectivity index (χ4v) is 14.1. The number of amides is 8. The van der Waals surface area contributed by atoms with Gasteiger partial charge in [0.05, 0.1) is 56.1 Å². The summed E-state index contributed by atoms with van der Waals surface area (Å²) in [6.07, 6.45) is 24.3.